The highest BCUT2D eigenvalue weighted by atomic mass is 16.3. The molecule has 3 heteroatoms. The molecule has 286 valence electrons. The van der Waals surface area contributed by atoms with Crippen LogP contribution in [0.15, 0.2) is 235 Å². The SMILES string of the molecule is c1cc(-c2ccc(-c3ccc(N(c4cccc(-n5c6ccccc6c6ccccc65)c4)c4cccc5c4oc4ccccc45)cc3)cc2)cc(-c2ccc3ccccc3c2)c1. The maximum Gasteiger partial charge on any atom is 0.159 e. The van der Waals surface area contributed by atoms with Gasteiger partial charge in [0, 0.05) is 38.6 Å². The Bertz CT molecular complexity index is 3540. The van der Waals surface area contributed by atoms with Gasteiger partial charge in [-0.3, -0.25) is 0 Å². The smallest absolute Gasteiger partial charge is 0.159 e. The zero-order chi connectivity index (χ0) is 40.3. The first-order chi connectivity index (χ1) is 30.2. The number of rotatable bonds is 7. The highest BCUT2D eigenvalue weighted by Crippen LogP contribution is 2.44. The van der Waals surface area contributed by atoms with Gasteiger partial charge >= 0.3 is 0 Å². The Morgan fingerprint density at radius 1 is 0.328 bits per heavy atom. The predicted octanol–water partition coefficient (Wildman–Crippen LogP) is 16.3. The third-order valence-electron chi connectivity index (χ3n) is 12.2. The van der Waals surface area contributed by atoms with Crippen molar-refractivity contribution >= 4 is 71.6 Å². The van der Waals surface area contributed by atoms with Crippen molar-refractivity contribution in [2.24, 2.45) is 0 Å². The van der Waals surface area contributed by atoms with Gasteiger partial charge in [0.1, 0.15) is 5.58 Å². The van der Waals surface area contributed by atoms with Crippen molar-refractivity contribution in [3.05, 3.63) is 231 Å². The fraction of sp³-hybridized carbons (Fsp3) is 0. The molecule has 61 heavy (non-hydrogen) atoms. The summed E-state index contributed by atoms with van der Waals surface area (Å²) in [7, 11) is 0. The number of hydrogen-bond acceptors (Lipinski definition) is 2. The molecule has 10 aromatic carbocycles. The Balaban J connectivity index is 0.927. The van der Waals surface area contributed by atoms with E-state index in [2.05, 4.69) is 228 Å². The molecular weight excluding hydrogens is 741 g/mol. The van der Waals surface area contributed by atoms with Crippen LogP contribution < -0.4 is 4.90 Å². The Morgan fingerprint density at radius 2 is 0.869 bits per heavy atom. The van der Waals surface area contributed by atoms with Crippen molar-refractivity contribution in [3.63, 3.8) is 0 Å². The molecule has 3 nitrogen and oxygen atoms in total. The molecule has 2 aromatic heterocycles. The normalized spacial score (nSPS) is 11.6. The first-order valence-corrected chi connectivity index (χ1v) is 20.8. The molecular formula is C58H38N2O. The molecule has 0 aliphatic heterocycles. The van der Waals surface area contributed by atoms with E-state index in [9.17, 15) is 0 Å². The molecule has 2 heterocycles. The summed E-state index contributed by atoms with van der Waals surface area (Å²) in [6.07, 6.45) is 0. The van der Waals surface area contributed by atoms with Crippen LogP contribution in [0, 0.1) is 0 Å². The summed E-state index contributed by atoms with van der Waals surface area (Å²) in [6.45, 7) is 0. The maximum absolute atomic E-state index is 6.67. The third kappa shape index (κ3) is 5.98. The molecule has 0 bridgehead atoms. The number of benzene rings is 10. The van der Waals surface area contributed by atoms with Crippen LogP contribution >= 0.6 is 0 Å². The first kappa shape index (κ1) is 34.9. The molecule has 0 N–H and O–H groups in total. The lowest BCUT2D eigenvalue weighted by Crippen LogP contribution is -2.11. The number of hydrogen-bond donors (Lipinski definition) is 0. The second-order valence-corrected chi connectivity index (χ2v) is 15.7. The Morgan fingerprint density at radius 3 is 1.62 bits per heavy atom. The molecule has 0 amide bonds. The topological polar surface area (TPSA) is 21.3 Å². The molecule has 0 aliphatic rings. The average molecular weight is 779 g/mol. The van der Waals surface area contributed by atoms with E-state index in [1.807, 2.05) is 12.1 Å². The molecule has 0 fully saturated rings. The molecule has 0 spiro atoms. The zero-order valence-electron chi connectivity index (χ0n) is 33.2. The van der Waals surface area contributed by atoms with Crippen LogP contribution in [0.3, 0.4) is 0 Å². The van der Waals surface area contributed by atoms with Crippen LogP contribution in [0.5, 0.6) is 0 Å². The molecule has 0 saturated carbocycles. The average Bonchev–Trinajstić information content (AvgIpc) is 3.89. The van der Waals surface area contributed by atoms with Crippen LogP contribution in [-0.4, -0.2) is 4.57 Å². The van der Waals surface area contributed by atoms with E-state index in [4.69, 9.17) is 4.42 Å². The van der Waals surface area contributed by atoms with E-state index in [0.717, 1.165) is 50.3 Å². The number of fused-ring (bicyclic) bond motifs is 7. The van der Waals surface area contributed by atoms with E-state index in [-0.39, 0.29) is 0 Å². The van der Waals surface area contributed by atoms with Crippen molar-refractivity contribution in [1.29, 1.82) is 0 Å². The lowest BCUT2D eigenvalue weighted by atomic mass is 9.96. The zero-order valence-corrected chi connectivity index (χ0v) is 33.2. The van der Waals surface area contributed by atoms with Gasteiger partial charge in [-0.25, -0.2) is 0 Å². The fourth-order valence-corrected chi connectivity index (χ4v) is 9.21. The van der Waals surface area contributed by atoms with Gasteiger partial charge in [-0.1, -0.05) is 164 Å². The minimum absolute atomic E-state index is 0.857. The van der Waals surface area contributed by atoms with Crippen LogP contribution in [0.25, 0.3) is 93.6 Å². The summed E-state index contributed by atoms with van der Waals surface area (Å²) in [5.41, 5.74) is 15.4. The van der Waals surface area contributed by atoms with E-state index in [1.165, 1.54) is 60.4 Å². The quantitative estimate of drug-likeness (QED) is 0.161. The molecule has 12 aromatic rings. The van der Waals surface area contributed by atoms with E-state index >= 15 is 0 Å². The van der Waals surface area contributed by atoms with Crippen LogP contribution in [0.4, 0.5) is 17.1 Å². The van der Waals surface area contributed by atoms with Gasteiger partial charge < -0.3 is 13.9 Å². The molecule has 12 rings (SSSR count). The molecule has 0 unspecified atom stereocenters. The van der Waals surface area contributed by atoms with Gasteiger partial charge in [0.2, 0.25) is 0 Å². The number of furan rings is 1. The third-order valence-corrected chi connectivity index (χ3v) is 12.2. The Kier molecular flexibility index (Phi) is 8.17. The summed E-state index contributed by atoms with van der Waals surface area (Å²) in [6, 6.07) is 82.9. The van der Waals surface area contributed by atoms with Crippen molar-refractivity contribution in [1.82, 2.24) is 4.57 Å². The summed E-state index contributed by atoms with van der Waals surface area (Å²) in [5, 5.41) is 7.19. The number of anilines is 3. The first-order valence-electron chi connectivity index (χ1n) is 20.8. The lowest BCUT2D eigenvalue weighted by Gasteiger charge is -2.26. The molecule has 0 aliphatic carbocycles. The molecule has 0 atom stereocenters. The summed E-state index contributed by atoms with van der Waals surface area (Å²) < 4.78 is 9.04. The highest BCUT2D eigenvalue weighted by molar-refractivity contribution is 6.11. The summed E-state index contributed by atoms with van der Waals surface area (Å²) >= 11 is 0. The van der Waals surface area contributed by atoms with E-state index in [0.29, 0.717) is 0 Å². The fourth-order valence-electron chi connectivity index (χ4n) is 9.21. The number of aromatic nitrogens is 1. The van der Waals surface area contributed by atoms with Gasteiger partial charge in [0.15, 0.2) is 5.58 Å². The lowest BCUT2D eigenvalue weighted by molar-refractivity contribution is 0.669. The monoisotopic (exact) mass is 778 g/mol. The minimum Gasteiger partial charge on any atom is -0.454 e. The standard InChI is InChI=1S/C58H38N2O/c1-2-13-43-37-46(31-30-39(43)12-1)45-15-9-14-44(36-45)42-28-26-40(27-29-42)41-32-34-47(35-33-41)59(56-24-11-21-53-52-20-5-8-25-57(52)61-58(53)56)48-16-10-17-49(38-48)60-54-22-6-3-18-50(54)51-19-4-7-23-55(51)60/h1-38H. The van der Waals surface area contributed by atoms with Crippen LogP contribution in [0.1, 0.15) is 0 Å². The van der Waals surface area contributed by atoms with Crippen molar-refractivity contribution in [2.75, 3.05) is 4.90 Å². The van der Waals surface area contributed by atoms with Gasteiger partial charge in [-0.15, -0.1) is 0 Å². The predicted molar refractivity (Wildman–Crippen MR) is 257 cm³/mol. The molecule has 0 radical (unpaired) electrons. The van der Waals surface area contributed by atoms with E-state index < -0.39 is 0 Å². The van der Waals surface area contributed by atoms with Crippen molar-refractivity contribution in [3.8, 4) is 39.1 Å². The second kappa shape index (κ2) is 14.3. The van der Waals surface area contributed by atoms with Gasteiger partial charge in [0.05, 0.1) is 16.7 Å². The van der Waals surface area contributed by atoms with E-state index in [1.54, 1.807) is 0 Å². The molecule has 0 saturated heterocycles. The summed E-state index contributed by atoms with van der Waals surface area (Å²) in [4.78, 5) is 2.33. The number of nitrogens with zero attached hydrogens (tertiary/aromatic N) is 2. The van der Waals surface area contributed by atoms with Gasteiger partial charge in [0.25, 0.3) is 0 Å². The highest BCUT2D eigenvalue weighted by Gasteiger charge is 2.21. The second-order valence-electron chi connectivity index (χ2n) is 15.7. The number of para-hydroxylation sites is 4. The Labute approximate surface area is 353 Å². The van der Waals surface area contributed by atoms with Gasteiger partial charge in [-0.2, -0.15) is 0 Å². The van der Waals surface area contributed by atoms with Gasteiger partial charge in [-0.05, 0) is 111 Å². The van der Waals surface area contributed by atoms with Crippen molar-refractivity contribution < 1.29 is 4.42 Å². The summed E-state index contributed by atoms with van der Waals surface area (Å²) in [5.74, 6) is 0. The Hall–Kier alpha value is -8.14. The van der Waals surface area contributed by atoms with Crippen molar-refractivity contribution in [2.45, 2.75) is 0 Å². The van der Waals surface area contributed by atoms with Crippen LogP contribution in [-0.2, 0) is 0 Å². The largest absolute Gasteiger partial charge is 0.454 e. The van der Waals surface area contributed by atoms with Crippen LogP contribution in [0.2, 0.25) is 0 Å². The minimum atomic E-state index is 0.857. The maximum atomic E-state index is 6.67.